The van der Waals surface area contributed by atoms with Crippen LogP contribution in [0.3, 0.4) is 0 Å². The summed E-state index contributed by atoms with van der Waals surface area (Å²) in [6.07, 6.45) is 0. The van der Waals surface area contributed by atoms with Crippen molar-refractivity contribution in [3.05, 3.63) is 47.5 Å². The van der Waals surface area contributed by atoms with Crippen LogP contribution >= 0.6 is 0 Å². The molecule has 122 valence electrons. The van der Waals surface area contributed by atoms with E-state index in [2.05, 4.69) is 10.6 Å². The number of anilines is 2. The van der Waals surface area contributed by atoms with E-state index in [0.717, 1.165) is 5.56 Å². The first-order valence-corrected chi connectivity index (χ1v) is 7.07. The molecule has 0 aliphatic heterocycles. The normalized spacial score (nSPS) is 10.1. The Kier molecular flexibility index (Phi) is 5.43. The molecule has 2 rings (SSSR count). The van der Waals surface area contributed by atoms with Gasteiger partial charge >= 0.3 is 0 Å². The van der Waals surface area contributed by atoms with Crippen LogP contribution in [0.4, 0.5) is 11.4 Å². The number of carbonyl (C=O) groups is 1. The summed E-state index contributed by atoms with van der Waals surface area (Å²) < 4.78 is 10.4. The molecule has 0 heterocycles. The number of aliphatic hydroxyl groups is 1. The number of amides is 1. The molecule has 0 aliphatic rings. The molecule has 2 aromatic carbocycles. The van der Waals surface area contributed by atoms with Crippen LogP contribution in [0, 0.1) is 0 Å². The number of aliphatic hydroxyl groups excluding tert-OH is 1. The molecule has 1 amide bonds. The third-order valence-electron chi connectivity index (χ3n) is 3.42. The topological polar surface area (TPSA) is 79.8 Å². The molecule has 0 aromatic heterocycles. The summed E-state index contributed by atoms with van der Waals surface area (Å²) in [6.45, 7) is -0.0921. The molecule has 6 nitrogen and oxygen atoms in total. The second kappa shape index (κ2) is 7.51. The van der Waals surface area contributed by atoms with Gasteiger partial charge in [0.2, 0.25) is 0 Å². The zero-order valence-corrected chi connectivity index (χ0v) is 13.3. The molecule has 3 N–H and O–H groups in total. The number of methoxy groups -OCH3 is 2. The largest absolute Gasteiger partial charge is 0.497 e. The maximum atomic E-state index is 12.4. The molecule has 2 aromatic rings. The van der Waals surface area contributed by atoms with E-state index < -0.39 is 0 Å². The van der Waals surface area contributed by atoms with Gasteiger partial charge in [0.05, 0.1) is 20.8 Å². The zero-order chi connectivity index (χ0) is 16.8. The lowest BCUT2D eigenvalue weighted by molar-refractivity contribution is 0.102. The van der Waals surface area contributed by atoms with E-state index in [1.165, 1.54) is 0 Å². The van der Waals surface area contributed by atoms with Gasteiger partial charge in [0.1, 0.15) is 11.5 Å². The van der Waals surface area contributed by atoms with E-state index in [1.807, 2.05) is 0 Å². The van der Waals surface area contributed by atoms with Gasteiger partial charge in [0.15, 0.2) is 0 Å². The number of hydrogen-bond donors (Lipinski definition) is 3. The Hall–Kier alpha value is -2.73. The van der Waals surface area contributed by atoms with Crippen LogP contribution in [0.2, 0.25) is 0 Å². The highest BCUT2D eigenvalue weighted by atomic mass is 16.5. The Morgan fingerprint density at radius 3 is 2.26 bits per heavy atom. The molecular formula is C17H20N2O4. The molecular weight excluding hydrogens is 296 g/mol. The fraction of sp³-hybridized carbons (Fsp3) is 0.235. The molecule has 0 saturated heterocycles. The van der Waals surface area contributed by atoms with Crippen molar-refractivity contribution >= 4 is 17.3 Å². The summed E-state index contributed by atoms with van der Waals surface area (Å²) >= 11 is 0. The van der Waals surface area contributed by atoms with Gasteiger partial charge in [-0.15, -0.1) is 0 Å². The number of nitrogens with one attached hydrogen (secondary N) is 2. The minimum atomic E-state index is -0.263. The Morgan fingerprint density at radius 1 is 1.09 bits per heavy atom. The Balaban J connectivity index is 2.25. The monoisotopic (exact) mass is 316 g/mol. The van der Waals surface area contributed by atoms with Gasteiger partial charge in [0, 0.05) is 47.7 Å². The molecule has 0 bridgehead atoms. The van der Waals surface area contributed by atoms with Gasteiger partial charge in [0.25, 0.3) is 5.91 Å². The highest BCUT2D eigenvalue weighted by Gasteiger charge is 2.11. The Bertz CT molecular complexity index is 679. The quantitative estimate of drug-likeness (QED) is 0.763. The second-order valence-electron chi connectivity index (χ2n) is 4.84. The van der Waals surface area contributed by atoms with Gasteiger partial charge in [-0.3, -0.25) is 4.79 Å². The van der Waals surface area contributed by atoms with Crippen LogP contribution in [0.1, 0.15) is 15.9 Å². The summed E-state index contributed by atoms with van der Waals surface area (Å²) in [5.74, 6) is 0.915. The zero-order valence-electron chi connectivity index (χ0n) is 13.3. The van der Waals surface area contributed by atoms with Gasteiger partial charge in [-0.25, -0.2) is 0 Å². The molecule has 0 radical (unpaired) electrons. The molecule has 0 atom stereocenters. The summed E-state index contributed by atoms with van der Waals surface area (Å²) in [7, 11) is 4.84. The number of rotatable bonds is 6. The molecule has 0 fully saturated rings. The van der Waals surface area contributed by atoms with E-state index in [9.17, 15) is 9.90 Å². The molecule has 0 spiro atoms. The first-order chi connectivity index (χ1) is 11.1. The van der Waals surface area contributed by atoms with Crippen LogP contribution in [-0.4, -0.2) is 32.3 Å². The van der Waals surface area contributed by atoms with Gasteiger partial charge in [-0.05, 0) is 12.1 Å². The van der Waals surface area contributed by atoms with E-state index in [-0.39, 0.29) is 12.5 Å². The van der Waals surface area contributed by atoms with Crippen LogP contribution in [0.15, 0.2) is 36.4 Å². The highest BCUT2D eigenvalue weighted by molar-refractivity contribution is 6.05. The Morgan fingerprint density at radius 2 is 1.74 bits per heavy atom. The van der Waals surface area contributed by atoms with Crippen molar-refractivity contribution in [2.75, 3.05) is 31.9 Å². The summed E-state index contributed by atoms with van der Waals surface area (Å²) in [6, 6.07) is 10.2. The standard InChI is InChI=1S/C17H20N2O4/c1-18-16-6-11(4-5-12(16)10-20)17(21)19-13-7-14(22-2)9-15(8-13)23-3/h4-9,18,20H,10H2,1-3H3,(H,19,21). The molecule has 0 aliphatic carbocycles. The number of carbonyl (C=O) groups excluding carboxylic acids is 1. The lowest BCUT2D eigenvalue weighted by Crippen LogP contribution is -2.13. The van der Waals surface area contributed by atoms with Crippen LogP contribution in [-0.2, 0) is 6.61 Å². The van der Waals surface area contributed by atoms with E-state index in [4.69, 9.17) is 9.47 Å². The number of ether oxygens (including phenoxy) is 2. The van der Waals surface area contributed by atoms with Crippen molar-refractivity contribution in [2.45, 2.75) is 6.61 Å². The molecule has 0 unspecified atom stereocenters. The second-order valence-corrected chi connectivity index (χ2v) is 4.84. The summed E-state index contributed by atoms with van der Waals surface area (Å²) in [4.78, 5) is 12.4. The van der Waals surface area contributed by atoms with E-state index >= 15 is 0 Å². The fourth-order valence-corrected chi connectivity index (χ4v) is 2.17. The minimum absolute atomic E-state index is 0.0921. The van der Waals surface area contributed by atoms with Crippen molar-refractivity contribution in [2.24, 2.45) is 0 Å². The lowest BCUT2D eigenvalue weighted by Gasteiger charge is -2.12. The van der Waals surface area contributed by atoms with Crippen molar-refractivity contribution in [1.29, 1.82) is 0 Å². The van der Waals surface area contributed by atoms with Crippen LogP contribution < -0.4 is 20.1 Å². The van der Waals surface area contributed by atoms with Crippen molar-refractivity contribution in [1.82, 2.24) is 0 Å². The van der Waals surface area contributed by atoms with Gasteiger partial charge in [-0.1, -0.05) is 6.07 Å². The fourth-order valence-electron chi connectivity index (χ4n) is 2.17. The van der Waals surface area contributed by atoms with Crippen molar-refractivity contribution in [3.8, 4) is 11.5 Å². The molecule has 0 saturated carbocycles. The van der Waals surface area contributed by atoms with E-state index in [0.29, 0.717) is 28.4 Å². The first kappa shape index (κ1) is 16.6. The first-order valence-electron chi connectivity index (χ1n) is 7.07. The Labute approximate surface area is 135 Å². The smallest absolute Gasteiger partial charge is 0.255 e. The van der Waals surface area contributed by atoms with Crippen LogP contribution in [0.5, 0.6) is 11.5 Å². The van der Waals surface area contributed by atoms with Crippen molar-refractivity contribution in [3.63, 3.8) is 0 Å². The van der Waals surface area contributed by atoms with Gasteiger partial charge < -0.3 is 25.2 Å². The third kappa shape index (κ3) is 3.92. The summed E-state index contributed by atoms with van der Waals surface area (Å²) in [5.41, 5.74) is 2.49. The third-order valence-corrected chi connectivity index (χ3v) is 3.42. The average Bonchev–Trinajstić information content (AvgIpc) is 2.60. The maximum Gasteiger partial charge on any atom is 0.255 e. The minimum Gasteiger partial charge on any atom is -0.497 e. The average molecular weight is 316 g/mol. The number of benzene rings is 2. The lowest BCUT2D eigenvalue weighted by atomic mass is 10.1. The van der Waals surface area contributed by atoms with Crippen LogP contribution in [0.25, 0.3) is 0 Å². The predicted octanol–water partition coefficient (Wildman–Crippen LogP) is 2.49. The number of hydrogen-bond acceptors (Lipinski definition) is 5. The SMILES string of the molecule is CNc1cc(C(=O)Nc2cc(OC)cc(OC)c2)ccc1CO. The predicted molar refractivity (Wildman–Crippen MR) is 89.4 cm³/mol. The molecule has 6 heteroatoms. The van der Waals surface area contributed by atoms with Gasteiger partial charge in [-0.2, -0.15) is 0 Å². The van der Waals surface area contributed by atoms with Crippen molar-refractivity contribution < 1.29 is 19.4 Å². The molecule has 23 heavy (non-hydrogen) atoms. The van der Waals surface area contributed by atoms with E-state index in [1.54, 1.807) is 57.7 Å². The summed E-state index contributed by atoms with van der Waals surface area (Å²) in [5, 5.41) is 15.0. The maximum absolute atomic E-state index is 12.4. The highest BCUT2D eigenvalue weighted by Crippen LogP contribution is 2.26.